The third kappa shape index (κ3) is 9.36. The molecule has 0 spiro atoms. The van der Waals surface area contributed by atoms with Crippen LogP contribution in [0, 0.1) is 0 Å². The maximum absolute atomic E-state index is 14.2. The Morgan fingerprint density at radius 3 is 2.43 bits per heavy atom. The molecule has 1 atom stereocenters. The molecule has 7 rings (SSSR count). The van der Waals surface area contributed by atoms with E-state index in [1.54, 1.807) is 10.7 Å². The van der Waals surface area contributed by atoms with Crippen LogP contribution in [-0.2, 0) is 42.3 Å². The lowest BCUT2D eigenvalue weighted by Crippen LogP contribution is -2.40. The summed E-state index contributed by atoms with van der Waals surface area (Å²) in [4.78, 5) is 4.66. The van der Waals surface area contributed by atoms with Crippen molar-refractivity contribution in [3.05, 3.63) is 76.7 Å². The van der Waals surface area contributed by atoms with Crippen LogP contribution in [0.15, 0.2) is 53.4 Å². The summed E-state index contributed by atoms with van der Waals surface area (Å²) in [5.74, 6) is 1.59. The van der Waals surface area contributed by atoms with Crippen molar-refractivity contribution < 1.29 is 26.7 Å². The zero-order chi connectivity index (χ0) is 37.9. The van der Waals surface area contributed by atoms with Crippen molar-refractivity contribution in [2.24, 2.45) is 0 Å². The number of tetrazole rings is 1. The van der Waals surface area contributed by atoms with E-state index in [1.807, 2.05) is 22.9 Å². The van der Waals surface area contributed by atoms with E-state index in [0.717, 1.165) is 81.3 Å². The number of thioether (sulfide) groups is 1. The number of aliphatic hydroxyl groups excluding tert-OH is 1. The molecule has 3 aliphatic rings. The highest BCUT2D eigenvalue weighted by molar-refractivity contribution is 7.99. The zero-order valence-electron chi connectivity index (χ0n) is 30.5. The first-order valence-electron chi connectivity index (χ1n) is 18.7. The molecule has 1 unspecified atom stereocenters. The summed E-state index contributed by atoms with van der Waals surface area (Å²) in [7, 11) is -3.53. The molecule has 0 radical (unpaired) electrons. The van der Waals surface area contributed by atoms with Gasteiger partial charge in [-0.2, -0.15) is 22.6 Å². The Morgan fingerprint density at radius 1 is 0.944 bits per heavy atom. The Kier molecular flexibility index (Phi) is 12.1. The number of piperidine rings is 2. The molecule has 2 fully saturated rings. The summed E-state index contributed by atoms with van der Waals surface area (Å²) >= 11 is 1.20. The summed E-state index contributed by atoms with van der Waals surface area (Å²) in [6, 6.07) is 14.2. The van der Waals surface area contributed by atoms with Crippen LogP contribution in [-0.4, -0.2) is 122 Å². The second-order valence-electron chi connectivity index (χ2n) is 14.7. The van der Waals surface area contributed by atoms with Crippen LogP contribution in [0.25, 0.3) is 11.3 Å². The lowest BCUT2D eigenvalue weighted by molar-refractivity contribution is -0.139. The predicted octanol–water partition coefficient (Wildman–Crippen LogP) is 4.74. The first-order chi connectivity index (χ1) is 25.9. The molecule has 3 aliphatic heterocycles. The van der Waals surface area contributed by atoms with E-state index in [9.17, 15) is 26.7 Å². The smallest absolute Gasteiger partial charge is 0.390 e. The minimum absolute atomic E-state index is 0.0648. The van der Waals surface area contributed by atoms with E-state index in [0.29, 0.717) is 48.6 Å². The molecule has 2 aromatic carbocycles. The molecule has 4 aromatic rings. The summed E-state index contributed by atoms with van der Waals surface area (Å²) in [6.45, 7) is 5.68. The van der Waals surface area contributed by atoms with E-state index in [2.05, 4.69) is 37.5 Å². The molecular formula is C37H48F3N9O3S2. The lowest BCUT2D eigenvalue weighted by atomic mass is 9.95. The van der Waals surface area contributed by atoms with Gasteiger partial charge in [-0.1, -0.05) is 42.8 Å². The second kappa shape index (κ2) is 16.8. The SMILES string of the molecule is CS(=O)(=O)N1CCc2c(c(-c3ccc(C(F)(F)F)c(SCCN4CCCCC4)c3)nn2CC(O)CN2CCC(c3nnnn3Cc3ccccc3)CC2)C1. The molecule has 0 saturated carbocycles. The average molecular weight is 788 g/mol. The molecule has 0 aliphatic carbocycles. The Hall–Kier alpha value is -3.35. The third-order valence-corrected chi connectivity index (χ3v) is 13.1. The topological polar surface area (TPSA) is 126 Å². The van der Waals surface area contributed by atoms with E-state index < -0.39 is 27.9 Å². The van der Waals surface area contributed by atoms with E-state index in [-0.39, 0.29) is 30.4 Å². The number of aliphatic hydroxyl groups is 1. The van der Waals surface area contributed by atoms with Gasteiger partial charge in [-0.3, -0.25) is 4.68 Å². The number of rotatable bonds is 13. The fourth-order valence-electron chi connectivity index (χ4n) is 7.93. The molecule has 0 amide bonds. The number of alkyl halides is 3. The third-order valence-electron chi connectivity index (χ3n) is 10.8. The van der Waals surface area contributed by atoms with Crippen LogP contribution in [0.4, 0.5) is 13.2 Å². The monoisotopic (exact) mass is 787 g/mol. The van der Waals surface area contributed by atoms with Gasteiger partial charge >= 0.3 is 6.18 Å². The molecule has 12 nitrogen and oxygen atoms in total. The van der Waals surface area contributed by atoms with Gasteiger partial charge in [0.1, 0.15) is 0 Å². The van der Waals surface area contributed by atoms with Gasteiger partial charge in [-0.05, 0) is 80.0 Å². The van der Waals surface area contributed by atoms with Gasteiger partial charge < -0.3 is 14.9 Å². The largest absolute Gasteiger partial charge is 0.417 e. The number of likely N-dealkylation sites (tertiary alicyclic amines) is 2. The van der Waals surface area contributed by atoms with Crippen molar-refractivity contribution in [1.82, 2.24) is 44.1 Å². The molecule has 1 N–H and O–H groups in total. The van der Waals surface area contributed by atoms with E-state index >= 15 is 0 Å². The van der Waals surface area contributed by atoms with Gasteiger partial charge in [-0.15, -0.1) is 16.9 Å². The van der Waals surface area contributed by atoms with Crippen molar-refractivity contribution in [3.63, 3.8) is 0 Å². The number of hydrogen-bond acceptors (Lipinski definition) is 10. The Labute approximate surface area is 318 Å². The summed E-state index contributed by atoms with van der Waals surface area (Å²) in [5.41, 5.74) is 2.85. The van der Waals surface area contributed by atoms with Gasteiger partial charge in [-0.25, -0.2) is 13.1 Å². The predicted molar refractivity (Wildman–Crippen MR) is 200 cm³/mol. The Morgan fingerprint density at radius 2 is 1.70 bits per heavy atom. The van der Waals surface area contributed by atoms with Crippen LogP contribution >= 0.6 is 11.8 Å². The van der Waals surface area contributed by atoms with Crippen molar-refractivity contribution in [2.45, 2.75) is 81.3 Å². The highest BCUT2D eigenvalue weighted by Crippen LogP contribution is 2.40. The molecular weight excluding hydrogens is 740 g/mol. The fraction of sp³-hybridized carbons (Fsp3) is 0.568. The number of sulfonamides is 1. The minimum Gasteiger partial charge on any atom is -0.390 e. The maximum Gasteiger partial charge on any atom is 0.417 e. The van der Waals surface area contributed by atoms with Gasteiger partial charge in [0.2, 0.25) is 10.0 Å². The number of benzene rings is 2. The number of hydrogen-bond donors (Lipinski definition) is 1. The van der Waals surface area contributed by atoms with Gasteiger partial charge in [0.15, 0.2) is 5.82 Å². The molecule has 0 bridgehead atoms. The van der Waals surface area contributed by atoms with Crippen LogP contribution in [0.5, 0.6) is 0 Å². The van der Waals surface area contributed by atoms with Gasteiger partial charge in [0.05, 0.1) is 36.7 Å². The van der Waals surface area contributed by atoms with E-state index in [1.165, 1.54) is 28.6 Å². The molecule has 54 heavy (non-hydrogen) atoms. The summed E-state index contributed by atoms with van der Waals surface area (Å²) in [5, 5.41) is 28.8. The number of fused-ring (bicyclic) bond motifs is 1. The second-order valence-corrected chi connectivity index (χ2v) is 17.8. The highest BCUT2D eigenvalue weighted by atomic mass is 32.2. The number of aromatic nitrogens is 6. The fourth-order valence-corrected chi connectivity index (χ4v) is 9.83. The first-order valence-corrected chi connectivity index (χ1v) is 21.6. The van der Waals surface area contributed by atoms with Crippen molar-refractivity contribution in [3.8, 4) is 11.3 Å². The lowest BCUT2D eigenvalue weighted by Gasteiger charge is -2.32. The van der Waals surface area contributed by atoms with Crippen molar-refractivity contribution >= 4 is 21.8 Å². The quantitative estimate of drug-likeness (QED) is 0.190. The van der Waals surface area contributed by atoms with Crippen LogP contribution in [0.3, 0.4) is 0 Å². The molecule has 2 aromatic heterocycles. The van der Waals surface area contributed by atoms with Crippen molar-refractivity contribution in [2.75, 3.05) is 57.8 Å². The zero-order valence-corrected chi connectivity index (χ0v) is 32.2. The number of halogens is 3. The first kappa shape index (κ1) is 38.9. The number of nitrogens with zero attached hydrogens (tertiary/aromatic N) is 9. The highest BCUT2D eigenvalue weighted by Gasteiger charge is 2.35. The van der Waals surface area contributed by atoms with Gasteiger partial charge in [0, 0.05) is 66.0 Å². The average Bonchev–Trinajstić information content (AvgIpc) is 3.76. The minimum atomic E-state index is -4.52. The maximum atomic E-state index is 14.2. The Balaban J connectivity index is 1.06. The Bertz CT molecular complexity index is 1980. The van der Waals surface area contributed by atoms with Crippen LogP contribution in [0.1, 0.15) is 66.2 Å². The normalized spacial score (nSPS) is 18.9. The van der Waals surface area contributed by atoms with Crippen LogP contribution in [0.2, 0.25) is 0 Å². The van der Waals surface area contributed by atoms with Gasteiger partial charge in [0.25, 0.3) is 0 Å². The standard InChI is InChI=1S/C37H48F3N9O3S2/c1-54(51,52)47-19-14-33-31(26-47)35(29-10-11-32(37(38,39)40)34(22-29)53-21-20-45-15-6-3-7-16-45)42-48(33)25-30(50)24-46-17-12-28(13-18-46)36-41-43-44-49(36)23-27-8-4-2-5-9-27/h2,4-5,8-11,22,28,30,50H,3,6-7,12-21,23-26H2,1H3. The summed E-state index contributed by atoms with van der Waals surface area (Å²) in [6.07, 6.45) is 1.34. The number of β-amino-alcohol motifs (C(OH)–C–C–N with tert-alkyl or cyclic N) is 1. The van der Waals surface area contributed by atoms with Crippen LogP contribution < -0.4 is 0 Å². The molecule has 17 heteroatoms. The summed E-state index contributed by atoms with van der Waals surface area (Å²) < 4.78 is 72.8. The molecule has 292 valence electrons. The molecule has 5 heterocycles. The molecule has 2 saturated heterocycles. The van der Waals surface area contributed by atoms with Crippen molar-refractivity contribution in [1.29, 1.82) is 0 Å². The van der Waals surface area contributed by atoms with E-state index in [4.69, 9.17) is 5.10 Å².